The number of piperazine rings is 1. The average molecular weight is 655 g/mol. The van der Waals surface area contributed by atoms with Gasteiger partial charge in [-0.3, -0.25) is 19.5 Å². The third-order valence-corrected chi connectivity index (χ3v) is 8.30. The number of hydrogen-bond acceptors (Lipinski definition) is 8. The molecule has 252 valence electrons. The summed E-state index contributed by atoms with van der Waals surface area (Å²) in [5, 5.41) is 5.85. The molecule has 0 unspecified atom stereocenters. The zero-order valence-corrected chi connectivity index (χ0v) is 27.3. The Morgan fingerprint density at radius 3 is 2.38 bits per heavy atom. The molecule has 14 heteroatoms. The van der Waals surface area contributed by atoms with Crippen molar-refractivity contribution in [3.8, 4) is 5.75 Å². The molecule has 3 amide bonds. The lowest BCUT2D eigenvalue weighted by Gasteiger charge is -2.36. The maximum atomic E-state index is 14.2. The molecule has 1 fully saturated rings. The average Bonchev–Trinajstić information content (AvgIpc) is 3.04. The summed E-state index contributed by atoms with van der Waals surface area (Å²) < 4.78 is 48.1. The number of alkyl halides is 3. The van der Waals surface area contributed by atoms with Gasteiger partial charge in [-0.05, 0) is 51.1 Å². The van der Waals surface area contributed by atoms with Gasteiger partial charge in [-0.25, -0.2) is 9.78 Å². The molecule has 3 aromatic rings. The fourth-order valence-electron chi connectivity index (χ4n) is 5.79. The normalized spacial score (nSPS) is 16.0. The molecule has 2 aliphatic rings. The number of nitrogens with one attached hydrogen (secondary N) is 2. The van der Waals surface area contributed by atoms with Gasteiger partial charge in [0.25, 0.3) is 5.91 Å². The minimum Gasteiger partial charge on any atom is -0.497 e. The van der Waals surface area contributed by atoms with E-state index in [2.05, 4.69) is 32.4 Å². The second-order valence-corrected chi connectivity index (χ2v) is 11.9. The number of ether oxygens (including phenoxy) is 1. The van der Waals surface area contributed by atoms with Crippen molar-refractivity contribution in [1.29, 1.82) is 0 Å². The minimum absolute atomic E-state index is 0.106. The number of fused-ring (bicyclic) bond motifs is 1. The van der Waals surface area contributed by atoms with Crippen LogP contribution in [0.15, 0.2) is 42.6 Å². The monoisotopic (exact) mass is 654 g/mol. The number of urea groups is 1. The van der Waals surface area contributed by atoms with Crippen LogP contribution in [0.25, 0.3) is 0 Å². The highest BCUT2D eigenvalue weighted by Crippen LogP contribution is 2.36. The van der Waals surface area contributed by atoms with Gasteiger partial charge in [0.2, 0.25) is 5.95 Å². The van der Waals surface area contributed by atoms with Crippen LogP contribution in [0.5, 0.6) is 5.75 Å². The van der Waals surface area contributed by atoms with Crippen molar-refractivity contribution in [2.45, 2.75) is 53.0 Å². The lowest BCUT2D eigenvalue weighted by atomic mass is 10.0. The summed E-state index contributed by atoms with van der Waals surface area (Å²) in [5.41, 5.74) is 0.562. The van der Waals surface area contributed by atoms with Crippen LogP contribution in [0.1, 0.15) is 54.7 Å². The zero-order valence-electron chi connectivity index (χ0n) is 27.3. The first-order chi connectivity index (χ1) is 22.4. The summed E-state index contributed by atoms with van der Waals surface area (Å²) in [6, 6.07) is 8.25. The number of likely N-dealkylation sites (N-methyl/N-ethyl adjacent to an activating group) is 1. The number of nitrogens with zero attached hydrogens (tertiary/aromatic N) is 6. The third kappa shape index (κ3) is 7.76. The summed E-state index contributed by atoms with van der Waals surface area (Å²) in [7, 11) is 1.45. The van der Waals surface area contributed by atoms with Gasteiger partial charge in [0.15, 0.2) is 0 Å². The van der Waals surface area contributed by atoms with Gasteiger partial charge in [-0.15, -0.1) is 0 Å². The number of rotatable bonds is 10. The number of methoxy groups -OCH3 is 1. The van der Waals surface area contributed by atoms with Gasteiger partial charge < -0.3 is 20.3 Å². The summed E-state index contributed by atoms with van der Waals surface area (Å²) in [6.07, 6.45) is -2.96. The molecular formula is C33H41F3N8O3. The van der Waals surface area contributed by atoms with E-state index in [0.29, 0.717) is 42.8 Å². The second kappa shape index (κ2) is 14.1. The molecule has 3 heterocycles. The second-order valence-electron chi connectivity index (χ2n) is 11.9. The fourth-order valence-corrected chi connectivity index (χ4v) is 5.79. The van der Waals surface area contributed by atoms with Crippen LogP contribution >= 0.6 is 0 Å². The molecule has 2 aliphatic heterocycles. The maximum absolute atomic E-state index is 14.2. The first kappa shape index (κ1) is 33.9. The van der Waals surface area contributed by atoms with E-state index in [4.69, 9.17) is 4.74 Å². The molecule has 11 nitrogen and oxygen atoms in total. The first-order valence-electron chi connectivity index (χ1n) is 15.8. The molecule has 0 saturated carbocycles. The van der Waals surface area contributed by atoms with Crippen molar-refractivity contribution in [3.05, 3.63) is 64.8 Å². The van der Waals surface area contributed by atoms with Gasteiger partial charge >= 0.3 is 12.2 Å². The Bertz CT molecular complexity index is 1610. The number of halogens is 3. The van der Waals surface area contributed by atoms with E-state index in [9.17, 15) is 22.8 Å². The van der Waals surface area contributed by atoms with E-state index in [1.54, 1.807) is 24.4 Å². The van der Waals surface area contributed by atoms with Gasteiger partial charge in [0.05, 0.1) is 24.9 Å². The summed E-state index contributed by atoms with van der Waals surface area (Å²) in [6.45, 7) is 12.4. The zero-order chi connectivity index (χ0) is 33.9. The molecule has 2 aromatic carbocycles. The summed E-state index contributed by atoms with van der Waals surface area (Å²) in [5.74, 6) is 0.556. The summed E-state index contributed by atoms with van der Waals surface area (Å²) in [4.78, 5) is 43.3. The van der Waals surface area contributed by atoms with Crippen molar-refractivity contribution in [1.82, 2.24) is 19.8 Å². The standard InChI is InChI=1S/C33H41F3N8O3/c1-6-41-10-12-42(13-11-41)19-23-9-8-22(14-28(23)33(34,35)36)30(45)39-25-15-26(17-27(16-25)47-5)44-20-24-18-37-31(38-21(3)4)40-29(24)43(7-2)32(44)46/h8-9,14-18,21H,6-7,10-13,19-20H2,1-5H3,(H,39,45)(H,37,38,40). The Morgan fingerprint density at radius 2 is 1.74 bits per heavy atom. The van der Waals surface area contributed by atoms with Gasteiger partial charge in [-0.1, -0.05) is 13.0 Å². The molecule has 47 heavy (non-hydrogen) atoms. The molecule has 0 spiro atoms. The lowest BCUT2D eigenvalue weighted by molar-refractivity contribution is -0.138. The van der Waals surface area contributed by atoms with E-state index >= 15 is 0 Å². The number of anilines is 4. The fraction of sp³-hybridized carbons (Fsp3) is 0.455. The smallest absolute Gasteiger partial charge is 0.416 e. The SMILES string of the molecule is CCN1CCN(Cc2ccc(C(=O)Nc3cc(OC)cc(N4Cc5cnc(NC(C)C)nc5N(CC)C4=O)c3)cc2C(F)(F)F)CC1. The van der Waals surface area contributed by atoms with E-state index in [-0.39, 0.29) is 42.0 Å². The van der Waals surface area contributed by atoms with Crippen LogP contribution in [0, 0.1) is 0 Å². The van der Waals surface area contributed by atoms with Crippen molar-refractivity contribution in [2.75, 3.05) is 66.8 Å². The predicted molar refractivity (Wildman–Crippen MR) is 175 cm³/mol. The van der Waals surface area contributed by atoms with Crippen LogP contribution in [-0.4, -0.2) is 84.1 Å². The molecule has 0 atom stereocenters. The number of carbonyl (C=O) groups is 2. The van der Waals surface area contributed by atoms with Gasteiger partial charge in [0, 0.05) is 80.5 Å². The molecule has 0 aliphatic carbocycles. The third-order valence-electron chi connectivity index (χ3n) is 8.30. The largest absolute Gasteiger partial charge is 0.497 e. The topological polar surface area (TPSA) is 106 Å². The van der Waals surface area contributed by atoms with E-state index in [0.717, 1.165) is 31.3 Å². The predicted octanol–water partition coefficient (Wildman–Crippen LogP) is 5.68. The number of benzene rings is 2. The van der Waals surface area contributed by atoms with Gasteiger partial charge in [-0.2, -0.15) is 18.2 Å². The quantitative estimate of drug-likeness (QED) is 0.288. The molecule has 5 rings (SSSR count). The van der Waals surface area contributed by atoms with Crippen molar-refractivity contribution in [3.63, 3.8) is 0 Å². The molecule has 1 aromatic heterocycles. The highest BCUT2D eigenvalue weighted by molar-refractivity contribution is 6.07. The number of aromatic nitrogens is 2. The number of amides is 3. The lowest BCUT2D eigenvalue weighted by Crippen LogP contribution is -2.48. The van der Waals surface area contributed by atoms with Crippen LogP contribution in [-0.2, 0) is 19.3 Å². The van der Waals surface area contributed by atoms with Crippen LogP contribution < -0.4 is 25.2 Å². The maximum Gasteiger partial charge on any atom is 0.416 e. The van der Waals surface area contributed by atoms with Crippen molar-refractivity contribution < 1.29 is 27.5 Å². The Kier molecular flexibility index (Phi) is 10.2. The minimum atomic E-state index is -4.63. The highest BCUT2D eigenvalue weighted by Gasteiger charge is 2.35. The van der Waals surface area contributed by atoms with Crippen LogP contribution in [0.2, 0.25) is 0 Å². The number of carbonyl (C=O) groups excluding carboxylic acids is 2. The van der Waals surface area contributed by atoms with Crippen molar-refractivity contribution in [2.24, 2.45) is 0 Å². The Morgan fingerprint density at radius 1 is 1.02 bits per heavy atom. The van der Waals surface area contributed by atoms with Crippen molar-refractivity contribution >= 4 is 35.1 Å². The first-order valence-corrected chi connectivity index (χ1v) is 15.8. The van der Waals surface area contributed by atoms with Crippen LogP contribution in [0.4, 0.5) is 41.1 Å². The molecule has 1 saturated heterocycles. The Balaban J connectivity index is 1.38. The summed E-state index contributed by atoms with van der Waals surface area (Å²) >= 11 is 0. The number of hydrogen-bond donors (Lipinski definition) is 2. The van der Waals surface area contributed by atoms with Gasteiger partial charge in [0.1, 0.15) is 11.6 Å². The van der Waals surface area contributed by atoms with E-state index in [1.165, 1.54) is 29.0 Å². The molecule has 0 bridgehead atoms. The van der Waals surface area contributed by atoms with E-state index in [1.807, 2.05) is 25.7 Å². The van der Waals surface area contributed by atoms with E-state index < -0.39 is 17.6 Å². The molecule has 0 radical (unpaired) electrons. The Labute approximate surface area is 272 Å². The highest BCUT2D eigenvalue weighted by atomic mass is 19.4. The van der Waals surface area contributed by atoms with Crippen LogP contribution in [0.3, 0.4) is 0 Å². The molecule has 2 N–H and O–H groups in total. The Hall–Kier alpha value is -4.43. The molecular weight excluding hydrogens is 613 g/mol.